The van der Waals surface area contributed by atoms with E-state index in [9.17, 15) is 9.18 Å². The van der Waals surface area contributed by atoms with Crippen LogP contribution in [0.2, 0.25) is 0 Å². The van der Waals surface area contributed by atoms with E-state index in [0.29, 0.717) is 62.4 Å². The third-order valence-electron chi connectivity index (χ3n) is 8.13. The van der Waals surface area contributed by atoms with Gasteiger partial charge in [-0.05, 0) is 81.7 Å². The minimum atomic E-state index is -0.491. The maximum absolute atomic E-state index is 14.0. The molecule has 2 aromatic rings. The second kappa shape index (κ2) is 12.2. The molecule has 2 heterocycles. The monoisotopic (exact) mass is 496 g/mol. The number of benzene rings is 2. The van der Waals surface area contributed by atoms with Crippen LogP contribution < -0.4 is 10.1 Å². The molecule has 0 aromatic heterocycles. The molecule has 0 spiro atoms. The SMILES string of the molecule is COc1ccc(F)cc1-c1cccc(CC2(C(=O)NCCCN3[C@@H](C)CCC[C@@H]3C)CCOCC2)c1. The quantitative estimate of drug-likeness (QED) is 0.459. The molecule has 2 aliphatic rings. The molecule has 1 amide bonds. The van der Waals surface area contributed by atoms with Crippen LogP contribution in [0.5, 0.6) is 5.75 Å². The van der Waals surface area contributed by atoms with E-state index < -0.39 is 5.41 Å². The average molecular weight is 497 g/mol. The predicted molar refractivity (Wildman–Crippen MR) is 142 cm³/mol. The second-order valence-corrected chi connectivity index (χ2v) is 10.6. The summed E-state index contributed by atoms with van der Waals surface area (Å²) in [6.45, 7) is 7.53. The highest BCUT2D eigenvalue weighted by Crippen LogP contribution is 2.37. The number of halogens is 1. The third kappa shape index (κ3) is 6.27. The number of carbonyl (C=O) groups is 1. The summed E-state index contributed by atoms with van der Waals surface area (Å²) < 4.78 is 25.1. The number of hydrogen-bond donors (Lipinski definition) is 1. The molecule has 5 nitrogen and oxygen atoms in total. The molecule has 4 rings (SSSR count). The number of nitrogens with one attached hydrogen (secondary N) is 1. The first-order chi connectivity index (χ1) is 17.4. The lowest BCUT2D eigenvalue weighted by molar-refractivity contribution is -0.136. The molecule has 2 fully saturated rings. The lowest BCUT2D eigenvalue weighted by Gasteiger charge is -2.39. The van der Waals surface area contributed by atoms with Crippen molar-refractivity contribution in [3.05, 3.63) is 53.8 Å². The fraction of sp³-hybridized carbons (Fsp3) is 0.567. The van der Waals surface area contributed by atoms with Gasteiger partial charge in [0.05, 0.1) is 12.5 Å². The maximum Gasteiger partial charge on any atom is 0.226 e. The Bertz CT molecular complexity index is 1010. The normalized spacial score (nSPS) is 22.2. The first-order valence-electron chi connectivity index (χ1n) is 13.5. The molecule has 6 heteroatoms. The Morgan fingerprint density at radius 2 is 1.89 bits per heavy atom. The summed E-state index contributed by atoms with van der Waals surface area (Å²) in [7, 11) is 1.59. The Balaban J connectivity index is 1.43. The molecule has 1 N–H and O–H groups in total. The van der Waals surface area contributed by atoms with Crippen LogP contribution in [-0.2, 0) is 16.0 Å². The van der Waals surface area contributed by atoms with Crippen molar-refractivity contribution in [3.8, 4) is 16.9 Å². The van der Waals surface area contributed by atoms with E-state index in [1.807, 2.05) is 12.1 Å². The van der Waals surface area contributed by atoms with Crippen LogP contribution in [-0.4, -0.2) is 56.3 Å². The first kappa shape index (κ1) is 26.6. The molecule has 0 radical (unpaired) electrons. The molecule has 0 unspecified atom stereocenters. The van der Waals surface area contributed by atoms with Crippen molar-refractivity contribution in [3.63, 3.8) is 0 Å². The van der Waals surface area contributed by atoms with E-state index in [4.69, 9.17) is 9.47 Å². The minimum Gasteiger partial charge on any atom is -0.496 e. The summed E-state index contributed by atoms with van der Waals surface area (Å²) in [5.74, 6) is 0.452. The van der Waals surface area contributed by atoms with Crippen LogP contribution in [0, 0.1) is 11.2 Å². The molecule has 36 heavy (non-hydrogen) atoms. The lowest BCUT2D eigenvalue weighted by atomic mass is 9.74. The van der Waals surface area contributed by atoms with Crippen LogP contribution in [0.1, 0.15) is 57.9 Å². The van der Waals surface area contributed by atoms with Crippen molar-refractivity contribution >= 4 is 5.91 Å². The number of hydrogen-bond acceptors (Lipinski definition) is 4. The molecule has 2 aliphatic heterocycles. The van der Waals surface area contributed by atoms with Gasteiger partial charge in [0, 0.05) is 44.0 Å². The van der Waals surface area contributed by atoms with Gasteiger partial charge in [0.2, 0.25) is 5.91 Å². The van der Waals surface area contributed by atoms with Crippen molar-refractivity contribution in [1.29, 1.82) is 0 Å². The Hall–Kier alpha value is -2.44. The smallest absolute Gasteiger partial charge is 0.226 e. The van der Waals surface area contributed by atoms with Crippen molar-refractivity contribution in [2.75, 3.05) is 33.4 Å². The molecule has 2 aromatic carbocycles. The van der Waals surface area contributed by atoms with Gasteiger partial charge in [-0.15, -0.1) is 0 Å². The lowest BCUT2D eigenvalue weighted by Crippen LogP contribution is -2.47. The average Bonchev–Trinajstić information content (AvgIpc) is 2.88. The predicted octanol–water partition coefficient (Wildman–Crippen LogP) is 5.61. The van der Waals surface area contributed by atoms with Gasteiger partial charge in [0.15, 0.2) is 0 Å². The van der Waals surface area contributed by atoms with E-state index in [-0.39, 0.29) is 11.7 Å². The zero-order valence-electron chi connectivity index (χ0n) is 22.0. The molecule has 2 saturated heterocycles. The molecule has 0 bridgehead atoms. The van der Waals surface area contributed by atoms with E-state index >= 15 is 0 Å². The van der Waals surface area contributed by atoms with E-state index in [2.05, 4.69) is 36.2 Å². The van der Waals surface area contributed by atoms with E-state index in [1.165, 1.54) is 31.4 Å². The van der Waals surface area contributed by atoms with Crippen LogP contribution in [0.3, 0.4) is 0 Å². The van der Waals surface area contributed by atoms with Gasteiger partial charge in [-0.25, -0.2) is 4.39 Å². The van der Waals surface area contributed by atoms with Crippen LogP contribution >= 0.6 is 0 Å². The fourth-order valence-corrected chi connectivity index (χ4v) is 5.96. The Labute approximate surface area is 215 Å². The van der Waals surface area contributed by atoms with Gasteiger partial charge in [-0.2, -0.15) is 0 Å². The van der Waals surface area contributed by atoms with E-state index in [1.54, 1.807) is 13.2 Å². The van der Waals surface area contributed by atoms with Gasteiger partial charge in [0.1, 0.15) is 11.6 Å². The number of likely N-dealkylation sites (tertiary alicyclic amines) is 1. The number of amides is 1. The summed E-state index contributed by atoms with van der Waals surface area (Å²) in [5, 5.41) is 3.26. The largest absolute Gasteiger partial charge is 0.496 e. The van der Waals surface area contributed by atoms with Gasteiger partial charge in [0.25, 0.3) is 0 Å². The van der Waals surface area contributed by atoms with Crippen molar-refractivity contribution in [1.82, 2.24) is 10.2 Å². The number of nitrogens with zero attached hydrogens (tertiary/aromatic N) is 1. The number of ether oxygens (including phenoxy) is 2. The maximum atomic E-state index is 14.0. The zero-order valence-corrected chi connectivity index (χ0v) is 22.0. The number of carbonyl (C=O) groups excluding carboxylic acids is 1. The Kier molecular flexibility index (Phi) is 9.02. The summed E-state index contributed by atoms with van der Waals surface area (Å²) in [5.41, 5.74) is 2.17. The number of methoxy groups -OCH3 is 1. The van der Waals surface area contributed by atoms with Crippen molar-refractivity contribution < 1.29 is 18.7 Å². The topological polar surface area (TPSA) is 50.8 Å². The van der Waals surface area contributed by atoms with Crippen molar-refractivity contribution in [2.24, 2.45) is 5.41 Å². The second-order valence-electron chi connectivity index (χ2n) is 10.6. The summed E-state index contributed by atoms with van der Waals surface area (Å²) in [6.07, 6.45) is 6.84. The molecule has 2 atom stereocenters. The van der Waals surface area contributed by atoms with Gasteiger partial charge in [-0.3, -0.25) is 9.69 Å². The number of rotatable bonds is 9. The fourth-order valence-electron chi connectivity index (χ4n) is 5.96. The van der Waals surface area contributed by atoms with Crippen LogP contribution in [0.25, 0.3) is 11.1 Å². The Morgan fingerprint density at radius 3 is 2.61 bits per heavy atom. The van der Waals surface area contributed by atoms with Crippen LogP contribution in [0.15, 0.2) is 42.5 Å². The van der Waals surface area contributed by atoms with Gasteiger partial charge < -0.3 is 14.8 Å². The molecule has 0 saturated carbocycles. The van der Waals surface area contributed by atoms with Gasteiger partial charge in [-0.1, -0.05) is 30.7 Å². The van der Waals surface area contributed by atoms with Crippen molar-refractivity contribution in [2.45, 2.75) is 70.9 Å². The number of piperidine rings is 1. The highest BCUT2D eigenvalue weighted by molar-refractivity contribution is 5.83. The van der Waals surface area contributed by atoms with Gasteiger partial charge >= 0.3 is 0 Å². The first-order valence-corrected chi connectivity index (χ1v) is 13.5. The molecular weight excluding hydrogens is 455 g/mol. The molecule has 196 valence electrons. The Morgan fingerprint density at radius 1 is 1.14 bits per heavy atom. The summed E-state index contributed by atoms with van der Waals surface area (Å²) in [6, 6.07) is 13.8. The van der Waals surface area contributed by atoms with Crippen LogP contribution in [0.4, 0.5) is 4.39 Å². The molecule has 0 aliphatic carbocycles. The zero-order chi connectivity index (χ0) is 25.5. The highest BCUT2D eigenvalue weighted by atomic mass is 19.1. The highest BCUT2D eigenvalue weighted by Gasteiger charge is 2.40. The third-order valence-corrected chi connectivity index (χ3v) is 8.13. The molecular formula is C30H41FN2O3. The summed E-state index contributed by atoms with van der Waals surface area (Å²) in [4.78, 5) is 16.1. The minimum absolute atomic E-state index is 0.124. The standard InChI is InChI=1S/C30H41FN2O3/c1-22-7-4-8-23(2)33(22)16-6-15-32-29(34)30(13-17-36-18-14-30)21-24-9-5-10-25(19-24)27-20-26(31)11-12-28(27)35-3/h5,9-12,19-20,22-23H,4,6-8,13-18,21H2,1-3H3,(H,32,34)/t22-,23-/m0/s1. The summed E-state index contributed by atoms with van der Waals surface area (Å²) >= 11 is 0. The van der Waals surface area contributed by atoms with E-state index in [0.717, 1.165) is 24.1 Å².